The number of nitrogens with one attached hydrogen (secondary N) is 2. The number of alkyl halides is 3. The molecule has 218 valence electrons. The number of nitrogens with zero attached hydrogens (tertiary/aromatic N) is 3. The largest absolute Gasteiger partial charge is 0.424 e. The van der Waals surface area contributed by atoms with Gasteiger partial charge in [-0.05, 0) is 66.4 Å². The summed E-state index contributed by atoms with van der Waals surface area (Å²) in [4.78, 5) is 24.7. The van der Waals surface area contributed by atoms with Gasteiger partial charge in [-0.2, -0.15) is 13.2 Å². The zero-order valence-electron chi connectivity index (χ0n) is 22.8. The van der Waals surface area contributed by atoms with Gasteiger partial charge in [0.2, 0.25) is 0 Å². The van der Waals surface area contributed by atoms with Crippen LogP contribution in [-0.2, 0) is 6.18 Å². The number of urea groups is 1. The molecular weight excluding hydrogens is 564 g/mol. The first-order valence-electron chi connectivity index (χ1n) is 12.8. The van der Waals surface area contributed by atoms with Gasteiger partial charge in [0.1, 0.15) is 17.4 Å². The quantitative estimate of drug-likeness (QED) is 0.173. The van der Waals surface area contributed by atoms with Crippen molar-refractivity contribution in [3.63, 3.8) is 0 Å². The molecule has 0 aliphatic carbocycles. The fourth-order valence-electron chi connectivity index (χ4n) is 4.19. The molecule has 0 atom stereocenters. The number of rotatable bonds is 6. The Bertz CT molecular complexity index is 1790. The van der Waals surface area contributed by atoms with Crippen molar-refractivity contribution in [2.24, 2.45) is 0 Å². The predicted molar refractivity (Wildman–Crippen MR) is 155 cm³/mol. The monoisotopic (exact) mass is 588 g/mol. The fourth-order valence-corrected chi connectivity index (χ4v) is 4.19. The molecule has 0 saturated heterocycles. The number of hydrogen-bond donors (Lipinski definition) is 3. The summed E-state index contributed by atoms with van der Waals surface area (Å²) < 4.78 is 59.5. The number of ether oxygens (including phenoxy) is 1. The molecule has 5 aromatic rings. The Morgan fingerprint density at radius 1 is 0.791 bits per heavy atom. The number of pyridine rings is 1. The highest BCUT2D eigenvalue weighted by Crippen LogP contribution is 2.36. The third kappa shape index (κ3) is 6.87. The van der Waals surface area contributed by atoms with Gasteiger partial charge in [-0.1, -0.05) is 36.4 Å². The van der Waals surface area contributed by atoms with E-state index in [4.69, 9.17) is 10.5 Å². The first kappa shape index (κ1) is 29.0. The Morgan fingerprint density at radius 3 is 2.16 bits per heavy atom. The van der Waals surface area contributed by atoms with E-state index in [2.05, 4.69) is 25.6 Å². The maximum atomic E-state index is 13.6. The van der Waals surface area contributed by atoms with Crippen LogP contribution in [0, 0.1) is 19.7 Å². The number of nitrogens with two attached hydrogens (primary N) is 1. The molecular formula is C31H24F4N6O2. The van der Waals surface area contributed by atoms with Crippen molar-refractivity contribution in [2.75, 3.05) is 16.4 Å². The minimum absolute atomic E-state index is 0.0179. The van der Waals surface area contributed by atoms with Crippen molar-refractivity contribution < 1.29 is 27.1 Å². The maximum Gasteiger partial charge on any atom is 0.416 e. The van der Waals surface area contributed by atoms with Gasteiger partial charge in [-0.25, -0.2) is 24.1 Å². The Labute approximate surface area is 243 Å². The number of amides is 2. The van der Waals surface area contributed by atoms with Crippen LogP contribution in [-0.4, -0.2) is 21.0 Å². The van der Waals surface area contributed by atoms with E-state index >= 15 is 0 Å². The van der Waals surface area contributed by atoms with E-state index in [1.165, 1.54) is 24.5 Å². The number of hydrogen-bond acceptors (Lipinski definition) is 6. The van der Waals surface area contributed by atoms with Crippen LogP contribution in [0.2, 0.25) is 0 Å². The smallest absolute Gasteiger partial charge is 0.416 e. The van der Waals surface area contributed by atoms with E-state index < -0.39 is 23.6 Å². The van der Waals surface area contributed by atoms with E-state index in [1.807, 2.05) is 26.0 Å². The molecule has 0 aliphatic heterocycles. The van der Waals surface area contributed by atoms with Gasteiger partial charge in [-0.15, -0.1) is 0 Å². The van der Waals surface area contributed by atoms with Gasteiger partial charge in [0, 0.05) is 11.1 Å². The number of aromatic nitrogens is 3. The lowest BCUT2D eigenvalue weighted by molar-refractivity contribution is -0.137. The van der Waals surface area contributed by atoms with Crippen molar-refractivity contribution in [1.82, 2.24) is 15.0 Å². The predicted octanol–water partition coefficient (Wildman–Crippen LogP) is 8.00. The molecule has 43 heavy (non-hydrogen) atoms. The second kappa shape index (κ2) is 11.8. The second-order valence-corrected chi connectivity index (χ2v) is 9.60. The lowest BCUT2D eigenvalue weighted by Crippen LogP contribution is -2.20. The molecule has 0 spiro atoms. The van der Waals surface area contributed by atoms with Crippen LogP contribution in [0.1, 0.15) is 16.7 Å². The average Bonchev–Trinajstić information content (AvgIpc) is 2.97. The normalized spacial score (nSPS) is 11.2. The Morgan fingerprint density at radius 2 is 1.49 bits per heavy atom. The number of halogens is 4. The highest BCUT2D eigenvalue weighted by atomic mass is 19.4. The molecule has 2 heterocycles. The first-order valence-corrected chi connectivity index (χ1v) is 12.8. The SMILES string of the molecule is Cc1ccc(-c2ccc(C(F)(F)F)cc2NC(=O)Nc2cnc(Oc3ccc(-c4cc(F)cnc4N)cc3)nc2)cc1C. The molecule has 12 heteroatoms. The van der Waals surface area contributed by atoms with Crippen LogP contribution in [0.25, 0.3) is 22.3 Å². The topological polar surface area (TPSA) is 115 Å². The van der Waals surface area contributed by atoms with Crippen LogP contribution in [0.5, 0.6) is 11.8 Å². The minimum Gasteiger partial charge on any atom is -0.424 e. The Hall–Kier alpha value is -5.52. The highest BCUT2D eigenvalue weighted by Gasteiger charge is 2.31. The summed E-state index contributed by atoms with van der Waals surface area (Å²) >= 11 is 0. The minimum atomic E-state index is -4.59. The zero-order chi connectivity index (χ0) is 30.7. The molecule has 0 bridgehead atoms. The summed E-state index contributed by atoms with van der Waals surface area (Å²) in [6.45, 7) is 3.82. The van der Waals surface area contributed by atoms with E-state index in [-0.39, 0.29) is 23.2 Å². The number of nitrogen functional groups attached to an aromatic ring is 1. The van der Waals surface area contributed by atoms with Crippen molar-refractivity contribution in [3.05, 3.63) is 108 Å². The second-order valence-electron chi connectivity index (χ2n) is 9.60. The molecule has 2 amide bonds. The number of carbonyl (C=O) groups is 1. The van der Waals surface area contributed by atoms with Crippen LogP contribution < -0.4 is 21.1 Å². The number of benzene rings is 3. The summed E-state index contributed by atoms with van der Waals surface area (Å²) in [6.07, 6.45) is -0.995. The first-order chi connectivity index (χ1) is 20.5. The average molecular weight is 589 g/mol. The number of anilines is 3. The van der Waals surface area contributed by atoms with E-state index in [1.54, 1.807) is 30.3 Å². The Kier molecular flexibility index (Phi) is 7.93. The summed E-state index contributed by atoms with van der Waals surface area (Å²) in [6, 6.07) is 15.7. The van der Waals surface area contributed by atoms with Gasteiger partial charge in [0.05, 0.1) is 35.5 Å². The van der Waals surface area contributed by atoms with Crippen molar-refractivity contribution >= 4 is 23.2 Å². The van der Waals surface area contributed by atoms with Gasteiger partial charge in [0.25, 0.3) is 0 Å². The molecule has 0 fully saturated rings. The standard InChI is InChI=1S/C31H24F4N6O2/c1-17-3-4-20(11-18(17)2)25-10-7-21(31(33,34)35)12-27(25)41-29(42)40-23-15-38-30(39-16-23)43-24-8-5-19(6-9-24)26-13-22(32)14-37-28(26)36/h3-16H,1-2H3,(H2,36,37)(H2,40,41,42). The summed E-state index contributed by atoms with van der Waals surface area (Å²) in [7, 11) is 0. The molecule has 0 unspecified atom stereocenters. The van der Waals surface area contributed by atoms with E-state index in [0.29, 0.717) is 28.0 Å². The Balaban J connectivity index is 1.28. The zero-order valence-corrected chi connectivity index (χ0v) is 22.8. The van der Waals surface area contributed by atoms with Gasteiger partial charge >= 0.3 is 18.2 Å². The van der Waals surface area contributed by atoms with Crippen molar-refractivity contribution in [1.29, 1.82) is 0 Å². The van der Waals surface area contributed by atoms with Crippen LogP contribution in [0.4, 0.5) is 39.5 Å². The van der Waals surface area contributed by atoms with Crippen molar-refractivity contribution in [2.45, 2.75) is 20.0 Å². The summed E-state index contributed by atoms with van der Waals surface area (Å²) in [5.74, 6) is 0.0468. The molecule has 4 N–H and O–H groups in total. The molecule has 3 aromatic carbocycles. The third-order valence-corrected chi connectivity index (χ3v) is 6.56. The number of carbonyl (C=O) groups excluding carboxylic acids is 1. The third-order valence-electron chi connectivity index (χ3n) is 6.56. The molecule has 8 nitrogen and oxygen atoms in total. The molecule has 0 aliphatic rings. The van der Waals surface area contributed by atoms with Gasteiger partial charge in [0.15, 0.2) is 0 Å². The summed E-state index contributed by atoms with van der Waals surface area (Å²) in [5.41, 5.74) is 9.22. The van der Waals surface area contributed by atoms with Gasteiger partial charge < -0.3 is 21.1 Å². The van der Waals surface area contributed by atoms with Crippen LogP contribution in [0.3, 0.4) is 0 Å². The molecule has 5 rings (SSSR count). The van der Waals surface area contributed by atoms with Crippen LogP contribution in [0.15, 0.2) is 85.3 Å². The van der Waals surface area contributed by atoms with Crippen molar-refractivity contribution in [3.8, 4) is 34.0 Å². The fraction of sp³-hybridized carbons (Fsp3) is 0.0968. The molecule has 0 radical (unpaired) electrons. The molecule has 2 aromatic heterocycles. The lowest BCUT2D eigenvalue weighted by Gasteiger charge is -2.16. The molecule has 0 saturated carbocycles. The maximum absolute atomic E-state index is 13.6. The van der Waals surface area contributed by atoms with Gasteiger partial charge in [-0.3, -0.25) is 0 Å². The van der Waals surface area contributed by atoms with E-state index in [9.17, 15) is 22.4 Å². The van der Waals surface area contributed by atoms with E-state index in [0.717, 1.165) is 29.5 Å². The lowest BCUT2D eigenvalue weighted by atomic mass is 9.97. The van der Waals surface area contributed by atoms with Crippen LogP contribution >= 0.6 is 0 Å². The number of aryl methyl sites for hydroxylation is 2. The highest BCUT2D eigenvalue weighted by molar-refractivity contribution is 6.02. The summed E-state index contributed by atoms with van der Waals surface area (Å²) in [5, 5.41) is 5.03.